The number of rotatable bonds is 10. The summed E-state index contributed by atoms with van der Waals surface area (Å²) in [6.45, 7) is 4.25. The molecule has 4 rings (SSSR count). The van der Waals surface area contributed by atoms with Crippen molar-refractivity contribution in [1.29, 1.82) is 0 Å². The molecule has 0 spiro atoms. The summed E-state index contributed by atoms with van der Waals surface area (Å²) >= 11 is 0. The van der Waals surface area contributed by atoms with Gasteiger partial charge in [0.1, 0.15) is 5.82 Å². The molecular formula is C26H31IN6O. The maximum Gasteiger partial charge on any atom is 0.216 e. The van der Waals surface area contributed by atoms with Crippen LogP contribution in [0, 0.1) is 0 Å². The normalized spacial score (nSPS) is 12.1. The standard InChI is InChI=1S/C26H30N6O.HI/c1-2-27-26(28-16-15-24-30-25(32-31-24)23-14-9-17-33-23)29-19-22(21-12-7-4-8-13-21)18-20-10-5-3-6-11-20;/h3-14,17,22H,2,15-16,18-19H2,1H3,(H2,27,28,29)(H,30,31,32);1H. The molecule has 0 fully saturated rings. The van der Waals surface area contributed by atoms with Crippen molar-refractivity contribution in [3.8, 4) is 11.6 Å². The van der Waals surface area contributed by atoms with E-state index in [4.69, 9.17) is 9.41 Å². The van der Waals surface area contributed by atoms with Gasteiger partial charge in [0.25, 0.3) is 0 Å². The van der Waals surface area contributed by atoms with E-state index in [-0.39, 0.29) is 24.0 Å². The van der Waals surface area contributed by atoms with Crippen LogP contribution < -0.4 is 10.6 Å². The smallest absolute Gasteiger partial charge is 0.216 e. The van der Waals surface area contributed by atoms with E-state index in [9.17, 15) is 0 Å². The van der Waals surface area contributed by atoms with Gasteiger partial charge in [0.2, 0.25) is 5.82 Å². The molecule has 1 atom stereocenters. The van der Waals surface area contributed by atoms with Crippen molar-refractivity contribution in [2.75, 3.05) is 19.6 Å². The van der Waals surface area contributed by atoms with Crippen molar-refractivity contribution < 1.29 is 4.42 Å². The Balaban J connectivity index is 0.00000324. The molecule has 0 saturated carbocycles. The maximum absolute atomic E-state index is 5.35. The van der Waals surface area contributed by atoms with Crippen LogP contribution in [0.3, 0.4) is 0 Å². The van der Waals surface area contributed by atoms with Gasteiger partial charge < -0.3 is 15.1 Å². The van der Waals surface area contributed by atoms with Crippen molar-refractivity contribution in [2.24, 2.45) is 4.99 Å². The lowest BCUT2D eigenvalue weighted by Gasteiger charge is -2.17. The van der Waals surface area contributed by atoms with Crippen LogP contribution in [0.25, 0.3) is 11.6 Å². The van der Waals surface area contributed by atoms with E-state index in [1.807, 2.05) is 12.1 Å². The van der Waals surface area contributed by atoms with Crippen molar-refractivity contribution in [3.63, 3.8) is 0 Å². The third kappa shape index (κ3) is 7.44. The predicted molar refractivity (Wildman–Crippen MR) is 147 cm³/mol. The summed E-state index contributed by atoms with van der Waals surface area (Å²) in [4.78, 5) is 9.39. The second-order valence-corrected chi connectivity index (χ2v) is 7.78. The van der Waals surface area contributed by atoms with Crippen molar-refractivity contribution in [3.05, 3.63) is 96.0 Å². The summed E-state index contributed by atoms with van der Waals surface area (Å²) in [5.74, 6) is 3.13. The summed E-state index contributed by atoms with van der Waals surface area (Å²) in [5, 5.41) is 14.0. The molecular weight excluding hydrogens is 539 g/mol. The van der Waals surface area contributed by atoms with Gasteiger partial charge in [-0.1, -0.05) is 60.7 Å². The number of hydrogen-bond donors (Lipinski definition) is 3. The molecule has 0 amide bonds. The molecule has 0 bridgehead atoms. The highest BCUT2D eigenvalue weighted by Crippen LogP contribution is 2.21. The Labute approximate surface area is 217 Å². The summed E-state index contributed by atoms with van der Waals surface area (Å²) < 4.78 is 5.35. The molecule has 8 heteroatoms. The summed E-state index contributed by atoms with van der Waals surface area (Å²) in [6.07, 6.45) is 3.26. The van der Waals surface area contributed by atoms with E-state index in [0.717, 1.165) is 24.7 Å². The Kier molecular flexibility index (Phi) is 10.1. The molecule has 178 valence electrons. The first-order chi connectivity index (χ1) is 16.3. The Morgan fingerprint density at radius 3 is 2.47 bits per heavy atom. The Morgan fingerprint density at radius 2 is 1.76 bits per heavy atom. The highest BCUT2D eigenvalue weighted by atomic mass is 127. The Morgan fingerprint density at radius 1 is 1.00 bits per heavy atom. The topological polar surface area (TPSA) is 91.1 Å². The first-order valence-corrected chi connectivity index (χ1v) is 11.4. The largest absolute Gasteiger partial charge is 0.461 e. The van der Waals surface area contributed by atoms with E-state index in [1.54, 1.807) is 6.26 Å². The lowest BCUT2D eigenvalue weighted by molar-refractivity contribution is 0.577. The number of H-pyrrole nitrogens is 1. The van der Waals surface area contributed by atoms with E-state index in [1.165, 1.54) is 11.1 Å². The van der Waals surface area contributed by atoms with E-state index in [0.29, 0.717) is 37.0 Å². The second-order valence-electron chi connectivity index (χ2n) is 7.78. The molecule has 3 N–H and O–H groups in total. The van der Waals surface area contributed by atoms with Gasteiger partial charge in [-0.05, 0) is 36.6 Å². The molecule has 4 aromatic rings. The van der Waals surface area contributed by atoms with Crippen LogP contribution in [0.15, 0.2) is 88.5 Å². The Hall–Kier alpha value is -3.14. The highest BCUT2D eigenvalue weighted by Gasteiger charge is 2.13. The fourth-order valence-corrected chi connectivity index (χ4v) is 3.68. The number of aromatic amines is 1. The third-order valence-corrected chi connectivity index (χ3v) is 5.34. The molecule has 0 radical (unpaired) electrons. The molecule has 7 nitrogen and oxygen atoms in total. The van der Waals surface area contributed by atoms with Gasteiger partial charge in [0.15, 0.2) is 11.7 Å². The molecule has 0 aliphatic rings. The SMILES string of the molecule is CCNC(=NCC(Cc1ccccc1)c1ccccc1)NCCc1nc(-c2ccco2)n[nH]1.I. The number of halogens is 1. The fraction of sp³-hybridized carbons (Fsp3) is 0.269. The molecule has 34 heavy (non-hydrogen) atoms. The molecule has 0 aliphatic carbocycles. The first-order valence-electron chi connectivity index (χ1n) is 11.4. The van der Waals surface area contributed by atoms with Crippen LogP contribution in [-0.4, -0.2) is 40.8 Å². The molecule has 2 aromatic carbocycles. The van der Waals surface area contributed by atoms with Gasteiger partial charge in [-0.2, -0.15) is 5.10 Å². The fourth-order valence-electron chi connectivity index (χ4n) is 3.68. The predicted octanol–water partition coefficient (Wildman–Crippen LogP) is 4.81. The van der Waals surface area contributed by atoms with E-state index in [2.05, 4.69) is 93.4 Å². The second kappa shape index (κ2) is 13.5. The number of nitrogens with zero attached hydrogens (tertiary/aromatic N) is 3. The number of nitrogens with one attached hydrogen (secondary N) is 3. The van der Waals surface area contributed by atoms with Gasteiger partial charge in [0, 0.05) is 32.0 Å². The number of aliphatic imine (C=N–C) groups is 1. The van der Waals surface area contributed by atoms with Crippen molar-refractivity contribution in [1.82, 2.24) is 25.8 Å². The number of benzene rings is 2. The first kappa shape index (κ1) is 25.5. The molecule has 2 heterocycles. The molecule has 1 unspecified atom stereocenters. The summed E-state index contributed by atoms with van der Waals surface area (Å²) in [7, 11) is 0. The molecule has 2 aromatic heterocycles. The minimum atomic E-state index is 0. The number of furan rings is 1. The van der Waals surface area contributed by atoms with Crippen LogP contribution in [0.5, 0.6) is 0 Å². The quantitative estimate of drug-likeness (QED) is 0.145. The average Bonchev–Trinajstić information content (AvgIpc) is 3.55. The van der Waals surface area contributed by atoms with Crippen molar-refractivity contribution >= 4 is 29.9 Å². The molecule has 0 saturated heterocycles. The number of aromatic nitrogens is 3. The van der Waals surface area contributed by atoms with Crippen LogP contribution in [-0.2, 0) is 12.8 Å². The zero-order chi connectivity index (χ0) is 22.7. The van der Waals surface area contributed by atoms with Gasteiger partial charge in [0.05, 0.1) is 6.26 Å². The average molecular weight is 570 g/mol. The Bertz CT molecular complexity index is 1110. The van der Waals surface area contributed by atoms with Crippen molar-refractivity contribution in [2.45, 2.75) is 25.7 Å². The summed E-state index contributed by atoms with van der Waals surface area (Å²) in [6, 6.07) is 24.9. The lowest BCUT2D eigenvalue weighted by Crippen LogP contribution is -2.38. The van der Waals surface area contributed by atoms with Gasteiger partial charge in [-0.25, -0.2) is 4.98 Å². The lowest BCUT2D eigenvalue weighted by atomic mass is 9.92. The van der Waals surface area contributed by atoms with Gasteiger partial charge in [-0.15, -0.1) is 24.0 Å². The van der Waals surface area contributed by atoms with Gasteiger partial charge >= 0.3 is 0 Å². The zero-order valence-electron chi connectivity index (χ0n) is 19.3. The van der Waals surface area contributed by atoms with Crippen LogP contribution in [0.4, 0.5) is 0 Å². The number of hydrogen-bond acceptors (Lipinski definition) is 4. The number of guanidine groups is 1. The van der Waals surface area contributed by atoms with Crippen LogP contribution in [0.2, 0.25) is 0 Å². The summed E-state index contributed by atoms with van der Waals surface area (Å²) in [5.41, 5.74) is 2.62. The van der Waals surface area contributed by atoms with Crippen LogP contribution >= 0.6 is 24.0 Å². The molecule has 0 aliphatic heterocycles. The minimum Gasteiger partial charge on any atom is -0.461 e. The minimum absolute atomic E-state index is 0. The maximum atomic E-state index is 5.35. The van der Waals surface area contributed by atoms with Gasteiger partial charge in [-0.3, -0.25) is 10.1 Å². The highest BCUT2D eigenvalue weighted by molar-refractivity contribution is 14.0. The van der Waals surface area contributed by atoms with E-state index < -0.39 is 0 Å². The zero-order valence-corrected chi connectivity index (χ0v) is 21.6. The van der Waals surface area contributed by atoms with Crippen LogP contribution in [0.1, 0.15) is 29.8 Å². The monoisotopic (exact) mass is 570 g/mol. The third-order valence-electron chi connectivity index (χ3n) is 5.34. The van der Waals surface area contributed by atoms with E-state index >= 15 is 0 Å².